The van der Waals surface area contributed by atoms with Gasteiger partial charge < -0.3 is 10.1 Å². The number of amides is 1. The van der Waals surface area contributed by atoms with Crippen LogP contribution in [-0.4, -0.2) is 18.1 Å². The smallest absolute Gasteiger partial charge is 0.263 e. The maximum atomic E-state index is 13.0. The highest BCUT2D eigenvalue weighted by atomic mass is 35.5. The summed E-state index contributed by atoms with van der Waals surface area (Å²) in [6.45, 7) is 6.16. The largest absolute Gasteiger partial charge is 0.478 e. The number of hydrogen-bond donors (Lipinski definition) is 1. The van der Waals surface area contributed by atoms with E-state index in [9.17, 15) is 4.79 Å². The summed E-state index contributed by atoms with van der Waals surface area (Å²) in [6, 6.07) is 25.1. The van der Waals surface area contributed by atoms with Gasteiger partial charge in [-0.2, -0.15) is 0 Å². The van der Waals surface area contributed by atoms with Gasteiger partial charge in [0.1, 0.15) is 5.75 Å². The van der Waals surface area contributed by atoms with E-state index in [0.29, 0.717) is 22.3 Å². The quantitative estimate of drug-likeness (QED) is 0.402. The van der Waals surface area contributed by atoms with E-state index >= 15 is 0 Å². The maximum Gasteiger partial charge on any atom is 0.263 e. The molecule has 5 heteroatoms. The molecule has 0 saturated carbocycles. The summed E-state index contributed by atoms with van der Waals surface area (Å²) in [6.07, 6.45) is 0. The van der Waals surface area contributed by atoms with Gasteiger partial charge in [0.15, 0.2) is 5.60 Å². The summed E-state index contributed by atoms with van der Waals surface area (Å²) < 4.78 is 5.93. The van der Waals surface area contributed by atoms with Crippen LogP contribution in [0.1, 0.15) is 43.7 Å². The van der Waals surface area contributed by atoms with Crippen molar-refractivity contribution in [3.05, 3.63) is 100 Å². The van der Waals surface area contributed by atoms with E-state index in [2.05, 4.69) is 24.4 Å². The van der Waals surface area contributed by atoms with Crippen molar-refractivity contribution in [3.63, 3.8) is 0 Å². The van der Waals surface area contributed by atoms with Crippen LogP contribution in [0.15, 0.2) is 78.9 Å². The van der Waals surface area contributed by atoms with E-state index in [1.807, 2.05) is 42.5 Å². The number of hydrogen-bond acceptors (Lipinski definition) is 2. The van der Waals surface area contributed by atoms with Gasteiger partial charge in [-0.1, -0.05) is 78.7 Å². The Bertz CT molecular complexity index is 1000. The SMILES string of the molecule is CC(c1ccc(Cl)cc1)C(CNC(=O)C(C)(C)Oc1cccc(Cl)c1)c1ccccc1. The molecule has 31 heavy (non-hydrogen) atoms. The molecule has 0 heterocycles. The molecule has 0 bridgehead atoms. The van der Waals surface area contributed by atoms with Crippen LogP contribution < -0.4 is 10.1 Å². The molecule has 0 aliphatic carbocycles. The number of ether oxygens (including phenoxy) is 1. The van der Waals surface area contributed by atoms with E-state index in [-0.39, 0.29) is 17.7 Å². The Hall–Kier alpha value is -2.49. The summed E-state index contributed by atoms with van der Waals surface area (Å²) in [5.41, 5.74) is 1.29. The molecule has 162 valence electrons. The average molecular weight is 456 g/mol. The Morgan fingerprint density at radius 3 is 2.23 bits per heavy atom. The lowest BCUT2D eigenvalue weighted by Crippen LogP contribution is -2.47. The highest BCUT2D eigenvalue weighted by Crippen LogP contribution is 2.33. The van der Waals surface area contributed by atoms with Crippen LogP contribution in [0.2, 0.25) is 10.0 Å². The van der Waals surface area contributed by atoms with Gasteiger partial charge in [-0.3, -0.25) is 4.79 Å². The molecule has 0 fully saturated rings. The van der Waals surface area contributed by atoms with E-state index in [1.165, 1.54) is 11.1 Å². The molecular formula is C26H27Cl2NO2. The Morgan fingerprint density at radius 2 is 1.58 bits per heavy atom. The second-order valence-electron chi connectivity index (χ2n) is 8.14. The van der Waals surface area contributed by atoms with E-state index in [4.69, 9.17) is 27.9 Å². The zero-order chi connectivity index (χ0) is 22.4. The minimum atomic E-state index is -1.05. The van der Waals surface area contributed by atoms with Crippen LogP contribution in [0.3, 0.4) is 0 Å². The summed E-state index contributed by atoms with van der Waals surface area (Å²) in [5.74, 6) is 0.642. The van der Waals surface area contributed by atoms with E-state index in [1.54, 1.807) is 38.1 Å². The molecule has 2 unspecified atom stereocenters. The predicted molar refractivity (Wildman–Crippen MR) is 128 cm³/mol. The van der Waals surface area contributed by atoms with Crippen molar-refractivity contribution >= 4 is 29.1 Å². The van der Waals surface area contributed by atoms with Gasteiger partial charge in [0.25, 0.3) is 5.91 Å². The van der Waals surface area contributed by atoms with Crippen molar-refractivity contribution in [2.75, 3.05) is 6.54 Å². The molecule has 1 amide bonds. The molecule has 2 atom stereocenters. The zero-order valence-corrected chi connectivity index (χ0v) is 19.5. The predicted octanol–water partition coefficient (Wildman–Crippen LogP) is 6.85. The van der Waals surface area contributed by atoms with Gasteiger partial charge in [-0.15, -0.1) is 0 Å². The molecule has 0 saturated heterocycles. The first-order chi connectivity index (χ1) is 14.8. The number of rotatable bonds is 8. The first-order valence-corrected chi connectivity index (χ1v) is 11.0. The molecule has 0 radical (unpaired) electrons. The van der Waals surface area contributed by atoms with Crippen molar-refractivity contribution in [2.45, 2.75) is 38.2 Å². The first-order valence-electron chi connectivity index (χ1n) is 10.3. The molecule has 0 spiro atoms. The number of benzene rings is 3. The van der Waals surface area contributed by atoms with Gasteiger partial charge in [0.2, 0.25) is 0 Å². The van der Waals surface area contributed by atoms with E-state index < -0.39 is 5.60 Å². The van der Waals surface area contributed by atoms with Crippen molar-refractivity contribution < 1.29 is 9.53 Å². The fourth-order valence-corrected chi connectivity index (χ4v) is 3.88. The highest BCUT2D eigenvalue weighted by molar-refractivity contribution is 6.30. The molecular weight excluding hydrogens is 429 g/mol. The number of nitrogens with one attached hydrogen (secondary N) is 1. The minimum absolute atomic E-state index is 0.0910. The molecule has 0 aromatic heterocycles. The van der Waals surface area contributed by atoms with Crippen LogP contribution >= 0.6 is 23.2 Å². The standard InChI is InChI=1S/C26H27Cl2NO2/c1-18(19-12-14-21(27)15-13-19)24(20-8-5-4-6-9-20)17-29-25(30)26(2,3)31-23-11-7-10-22(28)16-23/h4-16,18,24H,17H2,1-3H3,(H,29,30). The second kappa shape index (κ2) is 10.2. The third-order valence-corrected chi connectivity index (χ3v) is 5.91. The van der Waals surface area contributed by atoms with Crippen molar-refractivity contribution in [2.24, 2.45) is 0 Å². The van der Waals surface area contributed by atoms with Gasteiger partial charge in [-0.05, 0) is 61.2 Å². The lowest BCUT2D eigenvalue weighted by atomic mass is 9.82. The lowest BCUT2D eigenvalue weighted by Gasteiger charge is -2.29. The summed E-state index contributed by atoms with van der Waals surface area (Å²) in [7, 11) is 0. The Morgan fingerprint density at radius 1 is 0.903 bits per heavy atom. The van der Waals surface area contributed by atoms with Crippen LogP contribution in [0.5, 0.6) is 5.75 Å². The third kappa shape index (κ3) is 6.25. The number of carbonyl (C=O) groups excluding carboxylic acids is 1. The van der Waals surface area contributed by atoms with Gasteiger partial charge in [-0.25, -0.2) is 0 Å². The average Bonchev–Trinajstić information content (AvgIpc) is 2.74. The Labute approximate surface area is 194 Å². The molecule has 3 aromatic carbocycles. The Kier molecular flexibility index (Phi) is 7.64. The van der Waals surface area contributed by atoms with Gasteiger partial charge in [0.05, 0.1) is 0 Å². The van der Waals surface area contributed by atoms with Crippen molar-refractivity contribution in [3.8, 4) is 5.75 Å². The van der Waals surface area contributed by atoms with Crippen LogP contribution in [-0.2, 0) is 4.79 Å². The molecule has 3 rings (SSSR count). The molecule has 0 aliphatic rings. The minimum Gasteiger partial charge on any atom is -0.478 e. The topological polar surface area (TPSA) is 38.3 Å². The van der Waals surface area contributed by atoms with E-state index in [0.717, 1.165) is 0 Å². The number of halogens is 2. The van der Waals surface area contributed by atoms with Crippen LogP contribution in [0, 0.1) is 0 Å². The first kappa shape index (κ1) is 23.2. The van der Waals surface area contributed by atoms with Crippen LogP contribution in [0.25, 0.3) is 0 Å². The fraction of sp³-hybridized carbons (Fsp3) is 0.269. The Balaban J connectivity index is 1.75. The maximum absolute atomic E-state index is 13.0. The highest BCUT2D eigenvalue weighted by Gasteiger charge is 2.31. The monoisotopic (exact) mass is 455 g/mol. The normalized spacial score (nSPS) is 13.3. The second-order valence-corrected chi connectivity index (χ2v) is 9.01. The fourth-order valence-electron chi connectivity index (χ4n) is 3.57. The van der Waals surface area contributed by atoms with Gasteiger partial charge in [0, 0.05) is 22.5 Å². The molecule has 0 aliphatic heterocycles. The van der Waals surface area contributed by atoms with Crippen LogP contribution in [0.4, 0.5) is 0 Å². The lowest BCUT2D eigenvalue weighted by molar-refractivity contribution is -0.134. The number of carbonyl (C=O) groups is 1. The summed E-state index contributed by atoms with van der Waals surface area (Å²) in [4.78, 5) is 13.0. The molecule has 3 aromatic rings. The zero-order valence-electron chi connectivity index (χ0n) is 17.9. The summed E-state index contributed by atoms with van der Waals surface area (Å²) in [5, 5.41) is 4.37. The molecule has 1 N–H and O–H groups in total. The summed E-state index contributed by atoms with van der Waals surface area (Å²) >= 11 is 12.1. The molecule has 3 nitrogen and oxygen atoms in total. The van der Waals surface area contributed by atoms with Crippen molar-refractivity contribution in [1.29, 1.82) is 0 Å². The van der Waals surface area contributed by atoms with Gasteiger partial charge >= 0.3 is 0 Å². The third-order valence-electron chi connectivity index (χ3n) is 5.43. The van der Waals surface area contributed by atoms with Crippen molar-refractivity contribution in [1.82, 2.24) is 5.32 Å².